The molecule has 2 aliphatic heterocycles. The van der Waals surface area contributed by atoms with Gasteiger partial charge in [-0.1, -0.05) is 18.2 Å². The van der Waals surface area contributed by atoms with E-state index in [9.17, 15) is 4.79 Å². The molecule has 2 fully saturated rings. The standard InChI is InChI=1S/C17H19N3O2S/c1-2-22-14-8-4-3-6-12(14)15-19-10-5-7-13(19)16(21)20(15)17-18-9-11-23-17/h3-4,6,8-9,11,13,15H,2,5,7,10H2,1H3. The average Bonchev–Trinajstić information content (AvgIpc) is 3.27. The van der Waals surface area contributed by atoms with Gasteiger partial charge in [-0.3, -0.25) is 14.6 Å². The van der Waals surface area contributed by atoms with Gasteiger partial charge in [0.2, 0.25) is 5.91 Å². The second-order valence-electron chi connectivity index (χ2n) is 5.76. The molecule has 0 spiro atoms. The van der Waals surface area contributed by atoms with Crippen molar-refractivity contribution in [1.82, 2.24) is 9.88 Å². The number of carbonyl (C=O) groups is 1. The van der Waals surface area contributed by atoms with Crippen LogP contribution in [0.25, 0.3) is 0 Å². The Kier molecular flexibility index (Phi) is 3.79. The molecule has 5 nitrogen and oxygen atoms in total. The number of hydrogen-bond donors (Lipinski definition) is 0. The van der Waals surface area contributed by atoms with Gasteiger partial charge in [0.1, 0.15) is 11.9 Å². The summed E-state index contributed by atoms with van der Waals surface area (Å²) >= 11 is 1.51. The molecule has 0 aliphatic carbocycles. The molecule has 1 amide bonds. The predicted octanol–water partition coefficient (Wildman–Crippen LogP) is 3.05. The van der Waals surface area contributed by atoms with Crippen LogP contribution in [0.3, 0.4) is 0 Å². The van der Waals surface area contributed by atoms with E-state index in [0.29, 0.717) is 6.61 Å². The molecule has 23 heavy (non-hydrogen) atoms. The van der Waals surface area contributed by atoms with E-state index < -0.39 is 0 Å². The summed E-state index contributed by atoms with van der Waals surface area (Å²) in [6.07, 6.45) is 3.62. The topological polar surface area (TPSA) is 45.7 Å². The first-order valence-electron chi connectivity index (χ1n) is 8.01. The van der Waals surface area contributed by atoms with Crippen LogP contribution >= 0.6 is 11.3 Å². The van der Waals surface area contributed by atoms with Crippen molar-refractivity contribution >= 4 is 22.4 Å². The van der Waals surface area contributed by atoms with Crippen LogP contribution in [0.5, 0.6) is 5.75 Å². The molecular formula is C17H19N3O2S. The molecule has 2 aromatic rings. The van der Waals surface area contributed by atoms with Crippen LogP contribution in [0.1, 0.15) is 31.5 Å². The van der Waals surface area contributed by atoms with Crippen molar-refractivity contribution in [3.63, 3.8) is 0 Å². The Morgan fingerprint density at radius 2 is 2.26 bits per heavy atom. The van der Waals surface area contributed by atoms with Crippen LogP contribution in [0.4, 0.5) is 5.13 Å². The third-order valence-corrected chi connectivity index (χ3v) is 5.27. The SMILES string of the molecule is CCOc1ccccc1C1N(c2nccs2)C(=O)C2CCCN21. The lowest BCUT2D eigenvalue weighted by molar-refractivity contribution is -0.119. The fourth-order valence-electron chi connectivity index (χ4n) is 3.61. The normalized spacial score (nSPS) is 24.2. The number of rotatable bonds is 4. The minimum atomic E-state index is -0.121. The number of para-hydroxylation sites is 1. The lowest BCUT2D eigenvalue weighted by Gasteiger charge is -2.29. The first-order chi connectivity index (χ1) is 11.3. The van der Waals surface area contributed by atoms with E-state index in [1.165, 1.54) is 11.3 Å². The number of anilines is 1. The number of thiazole rings is 1. The summed E-state index contributed by atoms with van der Waals surface area (Å²) in [4.78, 5) is 21.5. The quantitative estimate of drug-likeness (QED) is 0.865. The zero-order chi connectivity index (χ0) is 15.8. The molecule has 0 radical (unpaired) electrons. The summed E-state index contributed by atoms with van der Waals surface area (Å²) in [5, 5.41) is 2.68. The number of aromatic nitrogens is 1. The van der Waals surface area contributed by atoms with Crippen molar-refractivity contribution in [2.75, 3.05) is 18.1 Å². The molecular weight excluding hydrogens is 310 g/mol. The Morgan fingerprint density at radius 3 is 3.04 bits per heavy atom. The molecule has 120 valence electrons. The zero-order valence-electron chi connectivity index (χ0n) is 13.0. The van der Waals surface area contributed by atoms with Crippen molar-refractivity contribution in [3.8, 4) is 5.75 Å². The molecule has 2 saturated heterocycles. The van der Waals surface area contributed by atoms with Crippen molar-refractivity contribution in [1.29, 1.82) is 0 Å². The van der Waals surface area contributed by atoms with Crippen LogP contribution in [-0.4, -0.2) is 35.0 Å². The maximum Gasteiger partial charge on any atom is 0.247 e. The Balaban J connectivity index is 1.81. The van der Waals surface area contributed by atoms with Crippen molar-refractivity contribution in [2.45, 2.75) is 32.0 Å². The van der Waals surface area contributed by atoms with Gasteiger partial charge in [0.15, 0.2) is 5.13 Å². The molecule has 3 heterocycles. The Morgan fingerprint density at radius 1 is 1.39 bits per heavy atom. The number of hydrogen-bond acceptors (Lipinski definition) is 5. The summed E-state index contributed by atoms with van der Waals surface area (Å²) in [5.41, 5.74) is 1.04. The van der Waals surface area contributed by atoms with Crippen LogP contribution in [-0.2, 0) is 4.79 Å². The molecule has 2 unspecified atom stereocenters. The summed E-state index contributed by atoms with van der Waals surface area (Å²) in [6, 6.07) is 7.99. The van der Waals surface area contributed by atoms with Crippen LogP contribution in [0, 0.1) is 0 Å². The van der Waals surface area contributed by atoms with E-state index in [4.69, 9.17) is 4.74 Å². The van der Waals surface area contributed by atoms with E-state index in [1.54, 1.807) is 6.20 Å². The second kappa shape index (κ2) is 5.94. The third kappa shape index (κ3) is 2.33. The minimum Gasteiger partial charge on any atom is -0.493 e. The molecule has 0 N–H and O–H groups in total. The molecule has 1 aromatic carbocycles. The number of ether oxygens (including phenoxy) is 1. The molecule has 4 rings (SSSR count). The highest BCUT2D eigenvalue weighted by molar-refractivity contribution is 7.13. The molecule has 1 aromatic heterocycles. The van der Waals surface area contributed by atoms with Gasteiger partial charge < -0.3 is 4.74 Å². The second-order valence-corrected chi connectivity index (χ2v) is 6.64. The third-order valence-electron chi connectivity index (χ3n) is 4.50. The Labute approximate surface area is 139 Å². The first-order valence-corrected chi connectivity index (χ1v) is 8.89. The average molecular weight is 329 g/mol. The molecule has 2 aliphatic rings. The molecule has 0 bridgehead atoms. The number of amides is 1. The van der Waals surface area contributed by atoms with Crippen LogP contribution < -0.4 is 9.64 Å². The highest BCUT2D eigenvalue weighted by Crippen LogP contribution is 2.45. The summed E-state index contributed by atoms with van der Waals surface area (Å²) in [6.45, 7) is 3.52. The Bertz CT molecular complexity index is 704. The summed E-state index contributed by atoms with van der Waals surface area (Å²) in [5.74, 6) is 1.01. The van der Waals surface area contributed by atoms with Gasteiger partial charge in [-0.25, -0.2) is 4.98 Å². The summed E-state index contributed by atoms with van der Waals surface area (Å²) in [7, 11) is 0. The fraction of sp³-hybridized carbons (Fsp3) is 0.412. The number of nitrogens with zero attached hydrogens (tertiary/aromatic N) is 3. The minimum absolute atomic E-state index is 0.0291. The largest absolute Gasteiger partial charge is 0.493 e. The maximum atomic E-state index is 12.9. The van der Waals surface area contributed by atoms with E-state index >= 15 is 0 Å². The van der Waals surface area contributed by atoms with Gasteiger partial charge in [0, 0.05) is 23.7 Å². The number of carbonyl (C=O) groups excluding carboxylic acids is 1. The van der Waals surface area contributed by atoms with E-state index in [1.807, 2.05) is 35.4 Å². The predicted molar refractivity (Wildman–Crippen MR) is 89.7 cm³/mol. The summed E-state index contributed by atoms with van der Waals surface area (Å²) < 4.78 is 5.82. The molecule has 2 atom stereocenters. The highest BCUT2D eigenvalue weighted by atomic mass is 32.1. The van der Waals surface area contributed by atoms with Gasteiger partial charge in [0.25, 0.3) is 0 Å². The van der Waals surface area contributed by atoms with E-state index in [-0.39, 0.29) is 18.1 Å². The van der Waals surface area contributed by atoms with Gasteiger partial charge in [-0.15, -0.1) is 11.3 Å². The van der Waals surface area contributed by atoms with Crippen LogP contribution in [0.15, 0.2) is 35.8 Å². The van der Waals surface area contributed by atoms with Crippen molar-refractivity contribution in [2.24, 2.45) is 0 Å². The van der Waals surface area contributed by atoms with Gasteiger partial charge in [-0.05, 0) is 25.8 Å². The Hall–Kier alpha value is -1.92. The number of benzene rings is 1. The highest BCUT2D eigenvalue weighted by Gasteiger charge is 2.50. The monoisotopic (exact) mass is 329 g/mol. The maximum absolute atomic E-state index is 12.9. The van der Waals surface area contributed by atoms with Crippen molar-refractivity contribution < 1.29 is 9.53 Å². The lowest BCUT2D eigenvalue weighted by atomic mass is 10.1. The van der Waals surface area contributed by atoms with Crippen molar-refractivity contribution in [3.05, 3.63) is 41.4 Å². The van der Waals surface area contributed by atoms with Crippen LogP contribution in [0.2, 0.25) is 0 Å². The zero-order valence-corrected chi connectivity index (χ0v) is 13.8. The fourth-order valence-corrected chi connectivity index (χ4v) is 4.28. The van der Waals surface area contributed by atoms with Gasteiger partial charge in [0.05, 0.1) is 12.6 Å². The first kappa shape index (κ1) is 14.7. The smallest absolute Gasteiger partial charge is 0.247 e. The van der Waals surface area contributed by atoms with Gasteiger partial charge >= 0.3 is 0 Å². The molecule has 6 heteroatoms. The van der Waals surface area contributed by atoms with E-state index in [2.05, 4.69) is 16.0 Å². The number of fused-ring (bicyclic) bond motifs is 1. The van der Waals surface area contributed by atoms with E-state index in [0.717, 1.165) is 35.8 Å². The molecule has 0 saturated carbocycles. The lowest BCUT2D eigenvalue weighted by Crippen LogP contribution is -2.32. The van der Waals surface area contributed by atoms with Gasteiger partial charge in [-0.2, -0.15) is 0 Å².